The Kier molecular flexibility index (Phi) is 28.5. The fourth-order valence-corrected chi connectivity index (χ4v) is 6.36. The molecule has 1 aromatic carbocycles. The summed E-state index contributed by atoms with van der Waals surface area (Å²) >= 11 is 0. The van der Waals surface area contributed by atoms with Gasteiger partial charge in [-0.2, -0.15) is 22.0 Å². The number of carbonyl (C=O) groups is 3. The highest BCUT2D eigenvalue weighted by molar-refractivity contribution is 5.72. The molecule has 330 valence electrons. The van der Waals surface area contributed by atoms with Gasteiger partial charge in [-0.25, -0.2) is 0 Å². The number of ether oxygens (including phenoxy) is 4. The van der Waals surface area contributed by atoms with Gasteiger partial charge in [-0.3, -0.25) is 14.4 Å². The molecular weight excluding hydrogens is 755 g/mol. The number of carboxylic acid groups (broad SMARTS) is 1. The van der Waals surface area contributed by atoms with E-state index in [1.807, 2.05) is 0 Å². The Hall–Kier alpha value is -2.84. The van der Waals surface area contributed by atoms with E-state index < -0.39 is 48.6 Å². The molecule has 14 heteroatoms. The van der Waals surface area contributed by atoms with Gasteiger partial charge < -0.3 is 29.2 Å². The predicted molar refractivity (Wildman–Crippen MR) is 207 cm³/mol. The molecule has 1 unspecified atom stereocenters. The Bertz CT molecular complexity index is 1210. The summed E-state index contributed by atoms with van der Waals surface area (Å²) in [5.41, 5.74) is 1.61. The van der Waals surface area contributed by atoms with Crippen LogP contribution < -0.4 is 0 Å². The number of benzene rings is 1. The second kappa shape index (κ2) is 31.1. The van der Waals surface area contributed by atoms with E-state index in [4.69, 9.17) is 24.1 Å². The Morgan fingerprint density at radius 3 is 1.65 bits per heavy atom. The van der Waals surface area contributed by atoms with Crippen LogP contribution in [0.5, 0.6) is 0 Å². The summed E-state index contributed by atoms with van der Waals surface area (Å²) in [6.07, 6.45) is 7.58. The highest BCUT2D eigenvalue weighted by atomic mass is 19.4. The number of carbonyl (C=O) groups excluding carboxylic acids is 2. The first-order chi connectivity index (χ1) is 27.2. The summed E-state index contributed by atoms with van der Waals surface area (Å²) in [5.74, 6) is -7.52. The summed E-state index contributed by atoms with van der Waals surface area (Å²) < 4.78 is 86.8. The van der Waals surface area contributed by atoms with Crippen LogP contribution in [0.15, 0.2) is 18.2 Å². The third kappa shape index (κ3) is 26.0. The Morgan fingerprint density at radius 1 is 0.614 bits per heavy atom. The molecule has 0 saturated carbocycles. The van der Waals surface area contributed by atoms with Crippen molar-refractivity contribution in [1.82, 2.24) is 0 Å². The minimum Gasteiger partial charge on any atom is -0.481 e. The van der Waals surface area contributed by atoms with Crippen LogP contribution in [0.4, 0.5) is 22.0 Å². The second-order valence-corrected chi connectivity index (χ2v) is 15.0. The molecule has 0 bridgehead atoms. The monoisotopic (exact) mass is 824 g/mol. The van der Waals surface area contributed by atoms with Gasteiger partial charge in [0.05, 0.1) is 18.9 Å². The number of aliphatic carboxylic acids is 1. The molecule has 0 aliphatic rings. The number of rotatable bonds is 36. The minimum atomic E-state index is -5.60. The number of hydrogen-bond donors (Lipinski definition) is 2. The number of aliphatic hydroxyl groups excluding tert-OH is 1. The molecule has 1 rings (SSSR count). The van der Waals surface area contributed by atoms with Gasteiger partial charge in [-0.15, -0.1) is 0 Å². The molecule has 0 heterocycles. The van der Waals surface area contributed by atoms with Crippen molar-refractivity contribution in [3.8, 4) is 0 Å². The molecule has 0 spiro atoms. The van der Waals surface area contributed by atoms with Crippen LogP contribution >= 0.6 is 0 Å². The number of halogens is 5. The van der Waals surface area contributed by atoms with Crippen molar-refractivity contribution in [2.24, 2.45) is 5.92 Å². The zero-order chi connectivity index (χ0) is 42.4. The Morgan fingerprint density at radius 2 is 1.11 bits per heavy atom. The van der Waals surface area contributed by atoms with Crippen LogP contribution in [0.1, 0.15) is 178 Å². The number of unbranched alkanes of at least 4 members (excludes halogenated alkanes) is 13. The average Bonchev–Trinajstić information content (AvgIpc) is 3.16. The Labute approximate surface area is 336 Å². The van der Waals surface area contributed by atoms with Crippen molar-refractivity contribution in [3.05, 3.63) is 34.9 Å². The zero-order valence-electron chi connectivity index (χ0n) is 34.3. The van der Waals surface area contributed by atoms with Gasteiger partial charge in [-0.05, 0) is 61.3 Å². The van der Waals surface area contributed by atoms with Crippen molar-refractivity contribution < 1.29 is 65.5 Å². The molecule has 1 atom stereocenters. The van der Waals surface area contributed by atoms with Gasteiger partial charge in [0.2, 0.25) is 0 Å². The fraction of sp³-hybridized carbons (Fsp3) is 0.791. The first kappa shape index (κ1) is 52.2. The average molecular weight is 825 g/mol. The van der Waals surface area contributed by atoms with Crippen molar-refractivity contribution >= 4 is 17.9 Å². The SMILES string of the molecule is CCCCCCCCOC(CCC(=O)OCc1cc(CO)cc(COC(=O)C(CCCCCCC(F)(F)C(F)(F)F)CCCC(=O)O)c1)OCCCCCCCC. The molecule has 0 aromatic heterocycles. The van der Waals surface area contributed by atoms with Gasteiger partial charge in [0.1, 0.15) is 13.2 Å². The molecule has 0 radical (unpaired) electrons. The third-order valence-electron chi connectivity index (χ3n) is 9.75. The quantitative estimate of drug-likeness (QED) is 0.0294. The smallest absolute Gasteiger partial charge is 0.453 e. The van der Waals surface area contributed by atoms with Crippen molar-refractivity contribution in [1.29, 1.82) is 0 Å². The maximum Gasteiger partial charge on any atom is 0.453 e. The highest BCUT2D eigenvalue weighted by Crippen LogP contribution is 2.39. The summed E-state index contributed by atoms with van der Waals surface area (Å²) in [6.45, 7) is 4.91. The Balaban J connectivity index is 2.70. The summed E-state index contributed by atoms with van der Waals surface area (Å²) in [5, 5.41) is 18.9. The number of hydrogen-bond acceptors (Lipinski definition) is 8. The van der Waals surface area contributed by atoms with E-state index in [9.17, 15) is 41.4 Å². The van der Waals surface area contributed by atoms with Crippen molar-refractivity contribution in [3.63, 3.8) is 0 Å². The molecule has 1 aromatic rings. The van der Waals surface area contributed by atoms with E-state index in [0.29, 0.717) is 49.2 Å². The summed E-state index contributed by atoms with van der Waals surface area (Å²) in [4.78, 5) is 36.9. The number of alkyl halides is 5. The largest absolute Gasteiger partial charge is 0.481 e. The number of carboxylic acids is 1. The lowest BCUT2D eigenvalue weighted by Crippen LogP contribution is -2.36. The molecule has 57 heavy (non-hydrogen) atoms. The standard InChI is InChI=1S/C43H69F5O9/c1-3-5-7-9-13-17-26-54-40(55-27-18-14-10-8-6-4-2)24-23-39(52)56-32-35-28-34(31-49)29-36(30-35)33-57-41(53)37(21-19-22-38(50)51)20-15-11-12-16-25-42(44,45)43(46,47)48/h28-30,37,40,49H,3-27,31-33H2,1-2H3,(H,50,51). The number of esters is 2. The normalized spacial score (nSPS) is 12.6. The van der Waals surface area contributed by atoms with E-state index in [0.717, 1.165) is 25.7 Å². The molecule has 0 fully saturated rings. The van der Waals surface area contributed by atoms with Crippen molar-refractivity contribution in [2.45, 2.75) is 200 Å². The van der Waals surface area contributed by atoms with Crippen LogP contribution in [0.3, 0.4) is 0 Å². The lowest BCUT2D eigenvalue weighted by molar-refractivity contribution is -0.284. The molecule has 0 aliphatic heterocycles. The summed E-state index contributed by atoms with van der Waals surface area (Å²) in [6, 6.07) is 5.00. The fourth-order valence-electron chi connectivity index (χ4n) is 6.36. The van der Waals surface area contributed by atoms with Gasteiger partial charge >= 0.3 is 30.0 Å². The zero-order valence-corrected chi connectivity index (χ0v) is 34.3. The highest BCUT2D eigenvalue weighted by Gasteiger charge is 2.56. The lowest BCUT2D eigenvalue weighted by Gasteiger charge is -2.19. The summed E-state index contributed by atoms with van der Waals surface area (Å²) in [7, 11) is 0. The maximum absolute atomic E-state index is 13.2. The topological polar surface area (TPSA) is 129 Å². The molecule has 2 N–H and O–H groups in total. The minimum absolute atomic E-state index is 0.0811. The first-order valence-corrected chi connectivity index (χ1v) is 21.2. The van der Waals surface area contributed by atoms with E-state index in [1.54, 1.807) is 18.2 Å². The number of aliphatic hydroxyl groups is 1. The van der Waals surface area contributed by atoms with E-state index in [1.165, 1.54) is 51.4 Å². The molecule has 0 saturated heterocycles. The second-order valence-electron chi connectivity index (χ2n) is 15.0. The van der Waals surface area contributed by atoms with Gasteiger partial charge in [0.15, 0.2) is 6.29 Å². The van der Waals surface area contributed by atoms with Crippen LogP contribution in [-0.4, -0.2) is 59.7 Å². The van der Waals surface area contributed by atoms with Gasteiger partial charge in [0.25, 0.3) is 0 Å². The van der Waals surface area contributed by atoms with Crippen LogP contribution in [0, 0.1) is 5.92 Å². The lowest BCUT2D eigenvalue weighted by atomic mass is 9.94. The third-order valence-corrected chi connectivity index (χ3v) is 9.75. The molecular formula is C43H69F5O9. The maximum atomic E-state index is 13.2. The van der Waals surface area contributed by atoms with E-state index in [-0.39, 0.29) is 64.8 Å². The molecule has 9 nitrogen and oxygen atoms in total. The van der Waals surface area contributed by atoms with E-state index >= 15 is 0 Å². The van der Waals surface area contributed by atoms with Crippen LogP contribution in [0.25, 0.3) is 0 Å². The van der Waals surface area contributed by atoms with Crippen LogP contribution in [-0.2, 0) is 53.2 Å². The van der Waals surface area contributed by atoms with Gasteiger partial charge in [-0.1, -0.05) is 109 Å². The first-order valence-electron chi connectivity index (χ1n) is 21.2. The predicted octanol–water partition coefficient (Wildman–Crippen LogP) is 11.5. The molecule has 0 aliphatic carbocycles. The molecule has 0 amide bonds. The van der Waals surface area contributed by atoms with Crippen LogP contribution in [0.2, 0.25) is 0 Å². The van der Waals surface area contributed by atoms with Gasteiger partial charge in [0, 0.05) is 32.5 Å². The van der Waals surface area contributed by atoms with Crippen molar-refractivity contribution in [2.75, 3.05) is 13.2 Å². The van der Waals surface area contributed by atoms with E-state index in [2.05, 4.69) is 13.8 Å².